The van der Waals surface area contributed by atoms with E-state index in [1.807, 2.05) is 0 Å². The van der Waals surface area contributed by atoms with Gasteiger partial charge in [-0.1, -0.05) is 49.9 Å². The van der Waals surface area contributed by atoms with Crippen molar-refractivity contribution in [1.82, 2.24) is 9.80 Å². The molecule has 2 saturated carbocycles. The minimum absolute atomic E-state index is 0. The molecule has 0 bridgehead atoms. The van der Waals surface area contributed by atoms with Crippen LogP contribution in [0, 0.1) is 11.8 Å². The number of methoxy groups -OCH3 is 2. The molecule has 0 aliphatic heterocycles. The smallest absolute Gasteiger partial charge is 0.119 e. The maximum Gasteiger partial charge on any atom is 0.119 e. The Bertz CT molecular complexity index is 1260. The standard InChI is InChI=1S/2C16H25NO2.ClH/c2*1-17(2)12-14-7-4-5-10-16(14,18)13-8-6-9-15(11-13)19-3;/h2*6,8-9,11,14,18H,4-5,7,10,12H2,1-3H3;1H/t2*14-,16+;/m11./s1/i2*1D3,2D3;. The van der Waals surface area contributed by atoms with Gasteiger partial charge >= 0.3 is 0 Å². The first-order valence-corrected chi connectivity index (χ1v) is 13.3. The number of rotatable bonds is 8. The van der Waals surface area contributed by atoms with E-state index in [1.54, 1.807) is 48.5 Å². The van der Waals surface area contributed by atoms with Crippen LogP contribution in [-0.2, 0) is 11.2 Å². The van der Waals surface area contributed by atoms with Crippen molar-refractivity contribution in [3.63, 3.8) is 0 Å². The minimum Gasteiger partial charge on any atom is -0.497 e. The van der Waals surface area contributed by atoms with Gasteiger partial charge in [-0.05, 0) is 89.0 Å². The molecule has 2 aliphatic carbocycles. The van der Waals surface area contributed by atoms with Crippen LogP contribution in [0.15, 0.2) is 48.5 Å². The molecule has 220 valence electrons. The molecular weight excluding hydrogens is 512 g/mol. The molecule has 0 amide bonds. The average Bonchev–Trinajstić information content (AvgIpc) is 3.02. The molecule has 2 N–H and O–H groups in total. The van der Waals surface area contributed by atoms with E-state index in [9.17, 15) is 10.2 Å². The Labute approximate surface area is 259 Å². The van der Waals surface area contributed by atoms with Crippen LogP contribution >= 0.6 is 12.4 Å². The van der Waals surface area contributed by atoms with Gasteiger partial charge in [0.1, 0.15) is 11.5 Å². The highest BCUT2D eigenvalue weighted by Gasteiger charge is 2.41. The second-order valence-electron chi connectivity index (χ2n) is 10.4. The molecule has 7 heteroatoms. The van der Waals surface area contributed by atoms with Crippen molar-refractivity contribution < 1.29 is 36.1 Å². The van der Waals surface area contributed by atoms with Crippen LogP contribution in [0.25, 0.3) is 0 Å². The van der Waals surface area contributed by atoms with Crippen LogP contribution < -0.4 is 9.47 Å². The predicted octanol–water partition coefficient (Wildman–Crippen LogP) is 5.69. The van der Waals surface area contributed by atoms with Gasteiger partial charge in [0.15, 0.2) is 0 Å². The lowest BCUT2D eigenvalue weighted by Crippen LogP contribution is -2.43. The zero-order chi connectivity index (χ0) is 37.8. The van der Waals surface area contributed by atoms with E-state index in [1.165, 1.54) is 14.2 Å². The van der Waals surface area contributed by atoms with Gasteiger partial charge in [-0.25, -0.2) is 0 Å². The van der Waals surface area contributed by atoms with Crippen molar-refractivity contribution in [2.75, 3.05) is 55.2 Å². The van der Waals surface area contributed by atoms with Crippen LogP contribution in [-0.4, -0.2) is 75.2 Å². The van der Waals surface area contributed by atoms with Crippen LogP contribution in [0.5, 0.6) is 11.5 Å². The first-order valence-electron chi connectivity index (χ1n) is 19.3. The Morgan fingerprint density at radius 1 is 0.744 bits per heavy atom. The molecule has 2 aliphatic rings. The van der Waals surface area contributed by atoms with Crippen molar-refractivity contribution >= 4 is 12.4 Å². The Hall–Kier alpha value is -1.83. The molecule has 0 spiro atoms. The van der Waals surface area contributed by atoms with Crippen LogP contribution in [0.3, 0.4) is 0 Å². The molecule has 2 aromatic carbocycles. The monoisotopic (exact) mass is 574 g/mol. The Balaban J connectivity index is 0.000000347. The van der Waals surface area contributed by atoms with Crippen molar-refractivity contribution in [2.45, 2.75) is 62.6 Å². The van der Waals surface area contributed by atoms with Crippen molar-refractivity contribution in [1.29, 1.82) is 0 Å². The van der Waals surface area contributed by atoms with E-state index < -0.39 is 50.9 Å². The average molecular weight is 575 g/mol. The zero-order valence-corrected chi connectivity index (χ0v) is 23.7. The van der Waals surface area contributed by atoms with Gasteiger partial charge in [-0.15, -0.1) is 12.4 Å². The van der Waals surface area contributed by atoms with E-state index in [2.05, 4.69) is 0 Å². The van der Waals surface area contributed by atoms with Gasteiger partial charge in [0.2, 0.25) is 0 Å². The fraction of sp³-hybridized carbons (Fsp3) is 0.625. The van der Waals surface area contributed by atoms with Crippen LogP contribution in [0.4, 0.5) is 0 Å². The van der Waals surface area contributed by atoms with E-state index in [0.29, 0.717) is 58.1 Å². The number of nitrogens with zero attached hydrogens (tertiary/aromatic N) is 2. The summed E-state index contributed by atoms with van der Waals surface area (Å²) in [6.07, 6.45) is 5.30. The molecule has 2 fully saturated rings. The molecule has 4 atom stereocenters. The SMILES string of the molecule is Cl.[2H]C([2H])([2H])N(C[C@H]1CCCC[C@]1(O)c1cccc(OC)c1)C([2H])([2H])[2H].[2H]C([2H])([2H])N(C[C@H]1CCCC[C@]1(O)c1cccc(OC)c1)C([2H])([2H])[2H]. The topological polar surface area (TPSA) is 65.4 Å². The second-order valence-corrected chi connectivity index (χ2v) is 10.4. The molecule has 39 heavy (non-hydrogen) atoms. The van der Waals surface area contributed by atoms with Gasteiger partial charge in [0.05, 0.1) is 25.4 Å². The van der Waals surface area contributed by atoms with Crippen molar-refractivity contribution in [3.05, 3.63) is 59.7 Å². The number of ether oxygens (including phenoxy) is 2. The summed E-state index contributed by atoms with van der Waals surface area (Å²) in [7, 11) is 3.07. The fourth-order valence-electron chi connectivity index (χ4n) is 5.93. The molecule has 0 unspecified atom stereocenters. The maximum atomic E-state index is 11.4. The zero-order valence-electron chi connectivity index (χ0n) is 34.9. The molecule has 6 nitrogen and oxygen atoms in total. The summed E-state index contributed by atoms with van der Waals surface area (Å²) in [6.45, 7) is -11.5. The largest absolute Gasteiger partial charge is 0.497 e. The van der Waals surface area contributed by atoms with Crippen LogP contribution in [0.2, 0.25) is 0 Å². The molecule has 4 rings (SSSR count). The maximum absolute atomic E-state index is 11.4. The first-order chi connectivity index (χ1) is 23.0. The summed E-state index contributed by atoms with van der Waals surface area (Å²) in [4.78, 5) is 1.09. The summed E-state index contributed by atoms with van der Waals surface area (Å²) in [5.41, 5.74) is -1.29. The normalized spacial score (nSPS) is 32.7. The Morgan fingerprint density at radius 3 is 1.51 bits per heavy atom. The third-order valence-corrected chi connectivity index (χ3v) is 8.02. The van der Waals surface area contributed by atoms with Crippen molar-refractivity contribution in [3.8, 4) is 11.5 Å². The van der Waals surface area contributed by atoms with Gasteiger partial charge in [0, 0.05) is 41.4 Å². The highest BCUT2D eigenvalue weighted by atomic mass is 35.5. The molecule has 2 aromatic rings. The number of hydrogen-bond donors (Lipinski definition) is 2. The van der Waals surface area contributed by atoms with E-state index in [4.69, 9.17) is 25.9 Å². The first kappa shape index (κ1) is 19.3. The summed E-state index contributed by atoms with van der Waals surface area (Å²) in [5.74, 6) is 0.209. The Morgan fingerprint density at radius 2 is 1.15 bits per heavy atom. The molecule has 0 aromatic heterocycles. The number of benzene rings is 2. The summed E-state index contributed by atoms with van der Waals surface area (Å²) < 4.78 is 101. The van der Waals surface area contributed by atoms with E-state index in [0.717, 1.165) is 25.7 Å². The van der Waals surface area contributed by atoms with Gasteiger partial charge in [-0.2, -0.15) is 0 Å². The lowest BCUT2D eigenvalue weighted by Gasteiger charge is -2.41. The lowest BCUT2D eigenvalue weighted by molar-refractivity contribution is -0.0621. The summed E-state index contributed by atoms with van der Waals surface area (Å²) >= 11 is 0. The van der Waals surface area contributed by atoms with Crippen molar-refractivity contribution in [2.24, 2.45) is 11.8 Å². The van der Waals surface area contributed by atoms with Gasteiger partial charge in [-0.3, -0.25) is 0 Å². The minimum atomic E-state index is -2.75. The van der Waals surface area contributed by atoms with Crippen LogP contribution in [0.1, 0.15) is 78.9 Å². The van der Waals surface area contributed by atoms with E-state index >= 15 is 0 Å². The number of hydrogen-bond acceptors (Lipinski definition) is 6. The highest BCUT2D eigenvalue weighted by Crippen LogP contribution is 2.44. The third kappa shape index (κ3) is 8.58. The molecule has 0 radical (unpaired) electrons. The lowest BCUT2D eigenvalue weighted by atomic mass is 9.71. The Kier molecular flexibility index (Phi) is 7.55. The third-order valence-electron chi connectivity index (χ3n) is 8.02. The number of halogens is 1. The number of aliphatic hydroxyl groups is 2. The second kappa shape index (κ2) is 15.2. The molecule has 0 heterocycles. The van der Waals surface area contributed by atoms with E-state index in [-0.39, 0.29) is 25.5 Å². The summed E-state index contributed by atoms with van der Waals surface area (Å²) in [5, 5.41) is 22.7. The fourth-order valence-corrected chi connectivity index (χ4v) is 5.93. The molecular formula is C32H51ClN2O4. The quantitative estimate of drug-likeness (QED) is 0.422. The van der Waals surface area contributed by atoms with Gasteiger partial charge in [0.25, 0.3) is 0 Å². The predicted molar refractivity (Wildman–Crippen MR) is 162 cm³/mol. The summed E-state index contributed by atoms with van der Waals surface area (Å²) in [6, 6.07) is 14.1. The highest BCUT2D eigenvalue weighted by molar-refractivity contribution is 5.85. The molecule has 0 saturated heterocycles. The van der Waals surface area contributed by atoms with Gasteiger partial charge < -0.3 is 29.5 Å².